The van der Waals surface area contributed by atoms with E-state index in [0.29, 0.717) is 22.4 Å². The molecule has 3 N–H and O–H groups in total. The molecule has 1 aromatic rings. The van der Waals surface area contributed by atoms with Crippen LogP contribution in [0.15, 0.2) is 27.7 Å². The third-order valence-electron chi connectivity index (χ3n) is 3.36. The van der Waals surface area contributed by atoms with Crippen molar-refractivity contribution in [2.24, 2.45) is 10.7 Å². The van der Waals surface area contributed by atoms with Gasteiger partial charge in [-0.15, -0.1) is 0 Å². The molecule has 0 aromatic heterocycles. The molecule has 0 aliphatic heterocycles. The molecule has 0 heterocycles. The fourth-order valence-electron chi connectivity index (χ4n) is 2.08. The van der Waals surface area contributed by atoms with Gasteiger partial charge in [0, 0.05) is 12.0 Å². The summed E-state index contributed by atoms with van der Waals surface area (Å²) in [7, 11) is 0. The van der Waals surface area contributed by atoms with Gasteiger partial charge >= 0.3 is 0 Å². The average Bonchev–Trinajstić information content (AvgIpc) is 3.20. The SMILES string of the molecule is NC(=N[C@@H]1C[C@H]1c1ccc(Br)c(F)c1)NC1CC1. The maximum absolute atomic E-state index is 13.4. The lowest BCUT2D eigenvalue weighted by Gasteiger charge is -2.03. The molecule has 2 atom stereocenters. The van der Waals surface area contributed by atoms with Crippen LogP contribution in [0, 0.1) is 5.82 Å². The molecule has 2 fully saturated rings. The van der Waals surface area contributed by atoms with Crippen molar-refractivity contribution in [3.8, 4) is 0 Å². The maximum atomic E-state index is 13.4. The van der Waals surface area contributed by atoms with Crippen LogP contribution in [0.3, 0.4) is 0 Å². The van der Waals surface area contributed by atoms with Gasteiger partial charge in [0.2, 0.25) is 0 Å². The third kappa shape index (κ3) is 2.66. The molecule has 0 bridgehead atoms. The lowest BCUT2D eigenvalue weighted by Crippen LogP contribution is -2.33. The molecular formula is C13H15BrFN3. The van der Waals surface area contributed by atoms with Crippen molar-refractivity contribution in [3.63, 3.8) is 0 Å². The Bertz CT molecular complexity index is 499. The van der Waals surface area contributed by atoms with Crippen molar-refractivity contribution >= 4 is 21.9 Å². The first-order valence-corrected chi connectivity index (χ1v) is 6.97. The summed E-state index contributed by atoms with van der Waals surface area (Å²) >= 11 is 3.16. The highest BCUT2D eigenvalue weighted by molar-refractivity contribution is 9.10. The minimum Gasteiger partial charge on any atom is -0.370 e. The van der Waals surface area contributed by atoms with E-state index in [-0.39, 0.29) is 11.9 Å². The Labute approximate surface area is 114 Å². The van der Waals surface area contributed by atoms with Crippen molar-refractivity contribution in [1.29, 1.82) is 0 Å². The van der Waals surface area contributed by atoms with Gasteiger partial charge in [-0.05, 0) is 52.9 Å². The topological polar surface area (TPSA) is 50.4 Å². The van der Waals surface area contributed by atoms with Crippen LogP contribution >= 0.6 is 15.9 Å². The molecule has 0 radical (unpaired) electrons. The van der Waals surface area contributed by atoms with Crippen LogP contribution in [0.2, 0.25) is 0 Å². The molecule has 5 heteroatoms. The second-order valence-electron chi connectivity index (χ2n) is 5.02. The van der Waals surface area contributed by atoms with Gasteiger partial charge in [0.25, 0.3) is 0 Å². The first-order valence-electron chi connectivity index (χ1n) is 6.18. The van der Waals surface area contributed by atoms with Crippen LogP contribution in [-0.4, -0.2) is 18.0 Å². The van der Waals surface area contributed by atoms with Crippen LogP contribution < -0.4 is 11.1 Å². The number of rotatable bonds is 3. The van der Waals surface area contributed by atoms with Crippen molar-refractivity contribution < 1.29 is 4.39 Å². The van der Waals surface area contributed by atoms with Crippen LogP contribution in [0.5, 0.6) is 0 Å². The standard InChI is InChI=1S/C13H15BrFN3/c14-10-4-1-7(5-11(10)15)9-6-12(9)18-13(16)17-8-2-3-8/h1,4-5,8-9,12H,2-3,6H2,(H3,16,17,18)/t9-,12+/m0/s1. The number of nitrogens with zero attached hydrogens (tertiary/aromatic N) is 1. The van der Waals surface area contributed by atoms with Crippen molar-refractivity contribution in [2.75, 3.05) is 0 Å². The zero-order chi connectivity index (χ0) is 12.7. The van der Waals surface area contributed by atoms with E-state index in [0.717, 1.165) is 12.0 Å². The van der Waals surface area contributed by atoms with Gasteiger partial charge in [-0.25, -0.2) is 9.38 Å². The molecule has 2 aliphatic carbocycles. The monoisotopic (exact) mass is 311 g/mol. The molecule has 0 saturated heterocycles. The van der Waals surface area contributed by atoms with Crippen molar-refractivity contribution in [3.05, 3.63) is 34.1 Å². The molecule has 1 aromatic carbocycles. The number of nitrogens with two attached hydrogens (primary N) is 1. The zero-order valence-corrected chi connectivity index (χ0v) is 11.5. The van der Waals surface area contributed by atoms with Gasteiger partial charge in [-0.3, -0.25) is 0 Å². The molecular weight excluding hydrogens is 297 g/mol. The number of hydrogen-bond acceptors (Lipinski definition) is 1. The number of nitrogens with one attached hydrogen (secondary N) is 1. The average molecular weight is 312 g/mol. The van der Waals surface area contributed by atoms with E-state index in [1.54, 1.807) is 12.1 Å². The molecule has 96 valence electrons. The molecule has 2 saturated carbocycles. The normalized spacial score (nSPS) is 27.1. The highest BCUT2D eigenvalue weighted by Crippen LogP contribution is 2.44. The summed E-state index contributed by atoms with van der Waals surface area (Å²) in [6.07, 6.45) is 3.32. The van der Waals surface area contributed by atoms with Gasteiger partial charge in [-0.2, -0.15) is 0 Å². The summed E-state index contributed by atoms with van der Waals surface area (Å²) in [5, 5.41) is 3.16. The van der Waals surface area contributed by atoms with E-state index >= 15 is 0 Å². The first kappa shape index (κ1) is 12.0. The van der Waals surface area contributed by atoms with E-state index in [9.17, 15) is 4.39 Å². The Morgan fingerprint density at radius 3 is 2.89 bits per heavy atom. The van der Waals surface area contributed by atoms with Gasteiger partial charge in [0.15, 0.2) is 5.96 Å². The lowest BCUT2D eigenvalue weighted by atomic mass is 10.1. The summed E-state index contributed by atoms with van der Waals surface area (Å²) in [5.74, 6) is 0.626. The van der Waals surface area contributed by atoms with Gasteiger partial charge in [-0.1, -0.05) is 6.07 Å². The molecule has 3 rings (SSSR count). The molecule has 0 unspecified atom stereocenters. The molecule has 18 heavy (non-hydrogen) atoms. The third-order valence-corrected chi connectivity index (χ3v) is 4.01. The van der Waals surface area contributed by atoms with E-state index in [4.69, 9.17) is 5.73 Å². The Morgan fingerprint density at radius 1 is 1.44 bits per heavy atom. The Hall–Kier alpha value is -1.10. The zero-order valence-electron chi connectivity index (χ0n) is 9.87. The van der Waals surface area contributed by atoms with E-state index < -0.39 is 0 Å². The largest absolute Gasteiger partial charge is 0.370 e. The highest BCUT2D eigenvalue weighted by atomic mass is 79.9. The van der Waals surface area contributed by atoms with Crippen molar-refractivity contribution in [2.45, 2.75) is 37.3 Å². The van der Waals surface area contributed by atoms with Crippen LogP contribution in [0.4, 0.5) is 4.39 Å². The summed E-state index contributed by atoms with van der Waals surface area (Å²) < 4.78 is 13.9. The summed E-state index contributed by atoms with van der Waals surface area (Å²) in [4.78, 5) is 4.43. The van der Waals surface area contributed by atoms with E-state index in [1.807, 2.05) is 6.07 Å². The van der Waals surface area contributed by atoms with Gasteiger partial charge in [0.1, 0.15) is 5.82 Å². The Morgan fingerprint density at radius 2 is 2.22 bits per heavy atom. The predicted octanol–water partition coefficient (Wildman–Crippen LogP) is 2.51. The fraction of sp³-hybridized carbons (Fsp3) is 0.462. The Kier molecular flexibility index (Phi) is 3.01. The van der Waals surface area contributed by atoms with Crippen molar-refractivity contribution in [1.82, 2.24) is 5.32 Å². The molecule has 2 aliphatic rings. The van der Waals surface area contributed by atoms with E-state index in [2.05, 4.69) is 26.2 Å². The maximum Gasteiger partial charge on any atom is 0.189 e. The van der Waals surface area contributed by atoms with Crippen LogP contribution in [-0.2, 0) is 0 Å². The summed E-state index contributed by atoms with van der Waals surface area (Å²) in [5.41, 5.74) is 6.81. The number of aliphatic imine (C=N–C) groups is 1. The van der Waals surface area contributed by atoms with Crippen LogP contribution in [0.1, 0.15) is 30.7 Å². The fourth-order valence-corrected chi connectivity index (χ4v) is 2.32. The van der Waals surface area contributed by atoms with Crippen LogP contribution in [0.25, 0.3) is 0 Å². The predicted molar refractivity (Wildman–Crippen MR) is 73.0 cm³/mol. The lowest BCUT2D eigenvalue weighted by molar-refractivity contribution is 0.618. The minimum atomic E-state index is -0.216. The number of guanidine groups is 1. The number of benzene rings is 1. The van der Waals surface area contributed by atoms with Gasteiger partial charge < -0.3 is 11.1 Å². The minimum absolute atomic E-state index is 0.205. The second-order valence-corrected chi connectivity index (χ2v) is 5.87. The first-order chi connectivity index (χ1) is 8.63. The molecule has 0 amide bonds. The van der Waals surface area contributed by atoms with Gasteiger partial charge in [0.05, 0.1) is 10.5 Å². The Balaban J connectivity index is 1.63. The number of halogens is 2. The smallest absolute Gasteiger partial charge is 0.189 e. The van der Waals surface area contributed by atoms with E-state index in [1.165, 1.54) is 12.8 Å². The molecule has 0 spiro atoms. The highest BCUT2D eigenvalue weighted by Gasteiger charge is 2.39. The quantitative estimate of drug-likeness (QED) is 0.665. The summed E-state index contributed by atoms with van der Waals surface area (Å²) in [6, 6.07) is 6.00. The number of hydrogen-bond donors (Lipinski definition) is 2. The summed E-state index contributed by atoms with van der Waals surface area (Å²) in [6.45, 7) is 0. The second kappa shape index (κ2) is 4.53. The molecule has 3 nitrogen and oxygen atoms in total.